The van der Waals surface area contributed by atoms with Gasteiger partial charge in [0.25, 0.3) is 5.91 Å². The molecule has 0 aliphatic carbocycles. The Labute approximate surface area is 183 Å². The fourth-order valence-electron chi connectivity index (χ4n) is 3.26. The molecule has 0 aliphatic heterocycles. The molecule has 0 saturated heterocycles. The van der Waals surface area contributed by atoms with Crippen molar-refractivity contribution in [3.63, 3.8) is 0 Å². The van der Waals surface area contributed by atoms with E-state index in [4.69, 9.17) is 9.47 Å². The molecule has 0 fully saturated rings. The molecule has 1 amide bonds. The fourth-order valence-corrected chi connectivity index (χ4v) is 3.26. The van der Waals surface area contributed by atoms with Crippen LogP contribution in [0.3, 0.4) is 0 Å². The molecule has 5 heteroatoms. The maximum absolute atomic E-state index is 12.3. The van der Waals surface area contributed by atoms with E-state index in [1.54, 1.807) is 0 Å². The fraction of sp³-hybridized carbons (Fsp3) is 0.231. The van der Waals surface area contributed by atoms with Crippen LogP contribution in [0, 0.1) is 0 Å². The highest BCUT2D eigenvalue weighted by molar-refractivity contribution is 5.93. The third kappa shape index (κ3) is 7.00. The summed E-state index contributed by atoms with van der Waals surface area (Å²) in [5.41, 5.74) is 3.82. The average molecular weight is 418 g/mol. The van der Waals surface area contributed by atoms with E-state index >= 15 is 0 Å². The van der Waals surface area contributed by atoms with E-state index in [0.717, 1.165) is 28.1 Å². The molecule has 3 aromatic carbocycles. The van der Waals surface area contributed by atoms with E-state index in [2.05, 4.69) is 5.32 Å². The summed E-state index contributed by atoms with van der Waals surface area (Å²) in [4.78, 5) is 24.4. The molecule has 0 aromatic heterocycles. The molecule has 0 aliphatic rings. The molecule has 0 heterocycles. The minimum absolute atomic E-state index is 0.183. The maximum Gasteiger partial charge on any atom is 0.306 e. The highest BCUT2D eigenvalue weighted by Crippen LogP contribution is 2.20. The van der Waals surface area contributed by atoms with E-state index in [9.17, 15) is 9.59 Å². The van der Waals surface area contributed by atoms with Gasteiger partial charge in [0.05, 0.1) is 6.61 Å². The van der Waals surface area contributed by atoms with Gasteiger partial charge in [-0.3, -0.25) is 9.59 Å². The lowest BCUT2D eigenvalue weighted by molar-refractivity contribution is -0.147. The lowest BCUT2D eigenvalue weighted by Gasteiger charge is -2.12. The summed E-state index contributed by atoms with van der Waals surface area (Å²) in [7, 11) is 0. The molecule has 0 radical (unpaired) electrons. The smallest absolute Gasteiger partial charge is 0.306 e. The van der Waals surface area contributed by atoms with E-state index in [1.807, 2.05) is 85.8 Å². The first-order valence-corrected chi connectivity index (χ1v) is 10.4. The first kappa shape index (κ1) is 22.1. The summed E-state index contributed by atoms with van der Waals surface area (Å²) in [5.74, 6) is -0.00633. The minimum atomic E-state index is -0.418. The second-order valence-electron chi connectivity index (χ2n) is 7.07. The number of hydrogen-bond donors (Lipinski definition) is 1. The molecule has 0 atom stereocenters. The van der Waals surface area contributed by atoms with Crippen molar-refractivity contribution in [3.05, 3.63) is 95.6 Å². The van der Waals surface area contributed by atoms with Gasteiger partial charge in [0.15, 0.2) is 6.61 Å². The normalized spacial score (nSPS) is 10.4. The Bertz CT molecular complexity index is 1000. The predicted octanol–water partition coefficient (Wildman–Crippen LogP) is 4.79. The van der Waals surface area contributed by atoms with Crippen LogP contribution in [0.1, 0.15) is 30.0 Å². The number of rotatable bonds is 10. The van der Waals surface area contributed by atoms with Crippen molar-refractivity contribution in [2.45, 2.75) is 26.2 Å². The van der Waals surface area contributed by atoms with E-state index < -0.39 is 5.97 Å². The molecular weight excluding hydrogens is 390 g/mol. The highest BCUT2D eigenvalue weighted by Gasteiger charge is 2.12. The van der Waals surface area contributed by atoms with Crippen molar-refractivity contribution < 1.29 is 19.1 Å². The highest BCUT2D eigenvalue weighted by atomic mass is 16.5. The Balaban J connectivity index is 1.49. The van der Waals surface area contributed by atoms with Crippen LogP contribution in [0.15, 0.2) is 78.9 Å². The molecule has 0 unspecified atom stereocenters. The first-order valence-electron chi connectivity index (χ1n) is 10.4. The van der Waals surface area contributed by atoms with Gasteiger partial charge in [-0.15, -0.1) is 0 Å². The second kappa shape index (κ2) is 11.6. The second-order valence-corrected chi connectivity index (χ2v) is 7.07. The van der Waals surface area contributed by atoms with Crippen LogP contribution >= 0.6 is 0 Å². The van der Waals surface area contributed by atoms with Crippen molar-refractivity contribution >= 4 is 17.6 Å². The summed E-state index contributed by atoms with van der Waals surface area (Å²) in [6.45, 7) is 2.17. The maximum atomic E-state index is 12.3. The lowest BCUT2D eigenvalue weighted by atomic mass is 10.0. The number of esters is 1. The summed E-state index contributed by atoms with van der Waals surface area (Å²) in [5, 5.41) is 2.85. The molecule has 3 aromatic rings. The molecular formula is C26H27NO4. The lowest BCUT2D eigenvalue weighted by Crippen LogP contribution is -2.21. The van der Waals surface area contributed by atoms with Crippen LogP contribution in [0.4, 0.5) is 5.69 Å². The summed E-state index contributed by atoms with van der Waals surface area (Å²) in [6, 6.07) is 25.3. The van der Waals surface area contributed by atoms with E-state index in [1.165, 1.54) is 0 Å². The van der Waals surface area contributed by atoms with Crippen molar-refractivity contribution in [1.82, 2.24) is 0 Å². The summed E-state index contributed by atoms with van der Waals surface area (Å²) < 4.78 is 10.7. The van der Waals surface area contributed by atoms with Crippen molar-refractivity contribution in [2.24, 2.45) is 0 Å². The topological polar surface area (TPSA) is 64.6 Å². The quantitative estimate of drug-likeness (QED) is 0.482. The number of carbonyl (C=O) groups excluding carboxylic acids is 2. The van der Waals surface area contributed by atoms with Crippen molar-refractivity contribution in [2.75, 3.05) is 18.5 Å². The monoisotopic (exact) mass is 417 g/mol. The number of ether oxygens (including phenoxy) is 2. The number of aryl methyl sites for hydroxylation is 1. The molecule has 31 heavy (non-hydrogen) atoms. The molecule has 3 rings (SSSR count). The number of carbonyl (C=O) groups is 2. The average Bonchev–Trinajstić information content (AvgIpc) is 2.79. The van der Waals surface area contributed by atoms with Gasteiger partial charge in [0, 0.05) is 12.1 Å². The first-order chi connectivity index (χ1) is 15.2. The largest absolute Gasteiger partial charge is 0.494 e. The van der Waals surface area contributed by atoms with Gasteiger partial charge in [-0.25, -0.2) is 0 Å². The number of anilines is 1. The Hall–Kier alpha value is -3.60. The van der Waals surface area contributed by atoms with Gasteiger partial charge in [0.1, 0.15) is 5.75 Å². The number of nitrogens with one attached hydrogen (secondary N) is 1. The van der Waals surface area contributed by atoms with E-state index in [0.29, 0.717) is 19.4 Å². The van der Waals surface area contributed by atoms with Gasteiger partial charge < -0.3 is 14.8 Å². The zero-order valence-corrected chi connectivity index (χ0v) is 17.7. The molecule has 5 nitrogen and oxygen atoms in total. The SMILES string of the molecule is CCOc1ccccc1CCC(=O)OCC(=O)Nc1ccccc1Cc1ccccc1. The van der Waals surface area contributed by atoms with Crippen LogP contribution in [-0.2, 0) is 27.2 Å². The molecule has 0 saturated carbocycles. The predicted molar refractivity (Wildman–Crippen MR) is 121 cm³/mol. The van der Waals surface area contributed by atoms with Gasteiger partial charge in [-0.1, -0.05) is 66.7 Å². The van der Waals surface area contributed by atoms with Crippen LogP contribution in [0.2, 0.25) is 0 Å². The Morgan fingerprint density at radius 2 is 1.52 bits per heavy atom. The zero-order valence-electron chi connectivity index (χ0n) is 17.7. The van der Waals surface area contributed by atoms with Crippen molar-refractivity contribution in [1.29, 1.82) is 0 Å². The number of amides is 1. The van der Waals surface area contributed by atoms with Crippen molar-refractivity contribution in [3.8, 4) is 5.75 Å². The Morgan fingerprint density at radius 3 is 2.29 bits per heavy atom. The molecule has 0 spiro atoms. The standard InChI is InChI=1S/C26H27NO4/c1-2-30-24-15-9-7-12-21(24)16-17-26(29)31-19-25(28)27-23-14-8-6-13-22(23)18-20-10-4-3-5-11-20/h3-15H,2,16-19H2,1H3,(H,27,28). The third-order valence-electron chi connectivity index (χ3n) is 4.76. The third-order valence-corrected chi connectivity index (χ3v) is 4.76. The van der Waals surface area contributed by atoms with Crippen LogP contribution in [0.5, 0.6) is 5.75 Å². The van der Waals surface area contributed by atoms with Crippen LogP contribution < -0.4 is 10.1 Å². The molecule has 160 valence electrons. The van der Waals surface area contributed by atoms with E-state index in [-0.39, 0.29) is 18.9 Å². The summed E-state index contributed by atoms with van der Waals surface area (Å²) >= 11 is 0. The molecule has 0 bridgehead atoms. The Kier molecular flexibility index (Phi) is 8.23. The Morgan fingerprint density at radius 1 is 0.839 bits per heavy atom. The number of hydrogen-bond acceptors (Lipinski definition) is 4. The minimum Gasteiger partial charge on any atom is -0.494 e. The number of benzene rings is 3. The summed E-state index contributed by atoms with van der Waals surface area (Å²) in [6.07, 6.45) is 1.38. The van der Waals surface area contributed by atoms with Gasteiger partial charge >= 0.3 is 5.97 Å². The van der Waals surface area contributed by atoms with Gasteiger partial charge in [-0.2, -0.15) is 0 Å². The van der Waals surface area contributed by atoms with Gasteiger partial charge in [0.2, 0.25) is 0 Å². The zero-order chi connectivity index (χ0) is 21.9. The number of para-hydroxylation sites is 2. The van der Waals surface area contributed by atoms with Gasteiger partial charge in [-0.05, 0) is 48.6 Å². The van der Waals surface area contributed by atoms with Crippen LogP contribution in [0.25, 0.3) is 0 Å². The van der Waals surface area contributed by atoms with Crippen LogP contribution in [-0.4, -0.2) is 25.1 Å². The molecule has 1 N–H and O–H groups in total.